The van der Waals surface area contributed by atoms with Crippen LogP contribution in [-0.4, -0.2) is 23.1 Å². The molecule has 14 heavy (non-hydrogen) atoms. The smallest absolute Gasteiger partial charge is 0.147 e. The van der Waals surface area contributed by atoms with Gasteiger partial charge in [0.15, 0.2) is 0 Å². The molecule has 0 aromatic carbocycles. The predicted octanol–water partition coefficient (Wildman–Crippen LogP) is 1.30. The normalized spacial score (nSPS) is 20.0. The molecule has 0 amide bonds. The largest absolute Gasteiger partial charge is 0.382 e. The van der Waals surface area contributed by atoms with Crippen molar-refractivity contribution < 1.29 is 0 Å². The Kier molecular flexibility index (Phi) is 2.06. The van der Waals surface area contributed by atoms with Gasteiger partial charge in [-0.25, -0.2) is 9.97 Å². The average Bonchev–Trinajstić information content (AvgIpc) is 2.47. The van der Waals surface area contributed by atoms with E-state index >= 15 is 0 Å². The van der Waals surface area contributed by atoms with Crippen LogP contribution in [0.2, 0.25) is 0 Å². The van der Waals surface area contributed by atoms with Crippen LogP contribution >= 0.6 is 0 Å². The maximum atomic E-state index is 5.49. The standard InChI is InChI=1S/C10H16N4/c1-10(2)3-4-14(7-10)9-6-12-8(11)5-13-9/h5-6H,3-4,7H2,1-2H3,(H2,11,12). The average molecular weight is 192 g/mol. The maximum absolute atomic E-state index is 5.49. The Hall–Kier alpha value is -1.32. The molecular weight excluding hydrogens is 176 g/mol. The second-order valence-corrected chi connectivity index (χ2v) is 4.64. The molecule has 1 aromatic heterocycles. The Labute approximate surface area is 84.2 Å². The fourth-order valence-corrected chi connectivity index (χ4v) is 1.80. The monoisotopic (exact) mass is 192 g/mol. The van der Waals surface area contributed by atoms with Crippen LogP contribution in [0.25, 0.3) is 0 Å². The van der Waals surface area contributed by atoms with E-state index in [0.29, 0.717) is 11.2 Å². The Morgan fingerprint density at radius 3 is 2.64 bits per heavy atom. The van der Waals surface area contributed by atoms with E-state index in [0.717, 1.165) is 18.9 Å². The zero-order chi connectivity index (χ0) is 10.2. The van der Waals surface area contributed by atoms with Crippen molar-refractivity contribution in [3.05, 3.63) is 12.4 Å². The topological polar surface area (TPSA) is 55.0 Å². The summed E-state index contributed by atoms with van der Waals surface area (Å²) in [4.78, 5) is 10.6. The molecular formula is C10H16N4. The van der Waals surface area contributed by atoms with Gasteiger partial charge in [-0.05, 0) is 11.8 Å². The lowest BCUT2D eigenvalue weighted by Crippen LogP contribution is -2.23. The molecule has 0 unspecified atom stereocenters. The summed E-state index contributed by atoms with van der Waals surface area (Å²) in [7, 11) is 0. The highest BCUT2D eigenvalue weighted by Crippen LogP contribution is 2.31. The molecule has 4 heteroatoms. The van der Waals surface area contributed by atoms with Gasteiger partial charge < -0.3 is 10.6 Å². The maximum Gasteiger partial charge on any atom is 0.147 e. The number of rotatable bonds is 1. The van der Waals surface area contributed by atoms with E-state index in [1.807, 2.05) is 0 Å². The van der Waals surface area contributed by atoms with Crippen molar-refractivity contribution >= 4 is 11.6 Å². The third kappa shape index (κ3) is 1.78. The summed E-state index contributed by atoms with van der Waals surface area (Å²) in [6.45, 7) is 6.66. The van der Waals surface area contributed by atoms with Gasteiger partial charge in [0.1, 0.15) is 11.6 Å². The lowest BCUT2D eigenvalue weighted by atomic mass is 9.93. The van der Waals surface area contributed by atoms with Crippen molar-refractivity contribution in [3.8, 4) is 0 Å². The molecule has 1 aliphatic rings. The van der Waals surface area contributed by atoms with Gasteiger partial charge in [0, 0.05) is 13.1 Å². The Balaban J connectivity index is 2.14. The molecule has 1 fully saturated rings. The molecule has 76 valence electrons. The highest BCUT2D eigenvalue weighted by molar-refractivity contribution is 5.40. The summed E-state index contributed by atoms with van der Waals surface area (Å²) in [6, 6.07) is 0. The summed E-state index contributed by atoms with van der Waals surface area (Å²) < 4.78 is 0. The van der Waals surface area contributed by atoms with Gasteiger partial charge in [-0.1, -0.05) is 13.8 Å². The zero-order valence-electron chi connectivity index (χ0n) is 8.70. The van der Waals surface area contributed by atoms with Crippen LogP contribution in [-0.2, 0) is 0 Å². The number of hydrogen-bond donors (Lipinski definition) is 1. The van der Waals surface area contributed by atoms with Gasteiger partial charge in [0.2, 0.25) is 0 Å². The van der Waals surface area contributed by atoms with Crippen molar-refractivity contribution in [2.75, 3.05) is 23.7 Å². The van der Waals surface area contributed by atoms with Crippen LogP contribution in [0, 0.1) is 5.41 Å². The third-order valence-electron chi connectivity index (χ3n) is 2.66. The van der Waals surface area contributed by atoms with Gasteiger partial charge in [-0.15, -0.1) is 0 Å². The summed E-state index contributed by atoms with van der Waals surface area (Å²) in [6.07, 6.45) is 4.57. The molecule has 1 aliphatic heterocycles. The van der Waals surface area contributed by atoms with Crippen molar-refractivity contribution in [2.24, 2.45) is 5.41 Å². The van der Waals surface area contributed by atoms with Gasteiger partial charge in [0.25, 0.3) is 0 Å². The number of nitrogens with zero attached hydrogens (tertiary/aromatic N) is 3. The van der Waals surface area contributed by atoms with Crippen molar-refractivity contribution in [1.29, 1.82) is 0 Å². The van der Waals surface area contributed by atoms with Crippen molar-refractivity contribution in [3.63, 3.8) is 0 Å². The minimum absolute atomic E-state index is 0.392. The van der Waals surface area contributed by atoms with Crippen LogP contribution in [0.5, 0.6) is 0 Å². The molecule has 4 nitrogen and oxygen atoms in total. The van der Waals surface area contributed by atoms with E-state index < -0.39 is 0 Å². The summed E-state index contributed by atoms with van der Waals surface area (Å²) in [5.41, 5.74) is 5.88. The molecule has 2 rings (SSSR count). The fourth-order valence-electron chi connectivity index (χ4n) is 1.80. The van der Waals surface area contributed by atoms with Gasteiger partial charge in [-0.3, -0.25) is 0 Å². The van der Waals surface area contributed by atoms with E-state index in [9.17, 15) is 0 Å². The van der Waals surface area contributed by atoms with E-state index in [1.54, 1.807) is 12.4 Å². The van der Waals surface area contributed by atoms with Gasteiger partial charge in [0.05, 0.1) is 12.4 Å². The fraction of sp³-hybridized carbons (Fsp3) is 0.600. The Morgan fingerprint density at radius 2 is 2.14 bits per heavy atom. The highest BCUT2D eigenvalue weighted by atomic mass is 15.2. The number of aromatic nitrogens is 2. The molecule has 0 aliphatic carbocycles. The van der Waals surface area contributed by atoms with Crippen LogP contribution in [0.15, 0.2) is 12.4 Å². The molecule has 1 saturated heterocycles. The van der Waals surface area contributed by atoms with Gasteiger partial charge >= 0.3 is 0 Å². The lowest BCUT2D eigenvalue weighted by Gasteiger charge is -2.20. The van der Waals surface area contributed by atoms with E-state index in [1.165, 1.54) is 6.42 Å². The number of nitrogen functional groups attached to an aromatic ring is 1. The van der Waals surface area contributed by atoms with Crippen LogP contribution < -0.4 is 10.6 Å². The van der Waals surface area contributed by atoms with E-state index in [2.05, 4.69) is 28.7 Å². The van der Waals surface area contributed by atoms with Crippen molar-refractivity contribution in [2.45, 2.75) is 20.3 Å². The first kappa shape index (κ1) is 9.24. The molecule has 0 spiro atoms. The molecule has 2 heterocycles. The highest BCUT2D eigenvalue weighted by Gasteiger charge is 2.29. The summed E-state index contributed by atoms with van der Waals surface area (Å²) in [5, 5.41) is 0. The third-order valence-corrected chi connectivity index (χ3v) is 2.66. The molecule has 2 N–H and O–H groups in total. The number of anilines is 2. The minimum atomic E-state index is 0.392. The first-order valence-corrected chi connectivity index (χ1v) is 4.89. The lowest BCUT2D eigenvalue weighted by molar-refractivity contribution is 0.418. The van der Waals surface area contributed by atoms with Gasteiger partial charge in [-0.2, -0.15) is 0 Å². The quantitative estimate of drug-likeness (QED) is 0.728. The Bertz CT molecular complexity index is 317. The summed E-state index contributed by atoms with van der Waals surface area (Å²) >= 11 is 0. The number of nitrogens with two attached hydrogens (primary N) is 1. The van der Waals surface area contributed by atoms with E-state index in [4.69, 9.17) is 5.73 Å². The van der Waals surface area contributed by atoms with Crippen molar-refractivity contribution in [1.82, 2.24) is 9.97 Å². The minimum Gasteiger partial charge on any atom is -0.382 e. The molecule has 0 bridgehead atoms. The predicted molar refractivity (Wildman–Crippen MR) is 57.1 cm³/mol. The second-order valence-electron chi connectivity index (χ2n) is 4.64. The van der Waals surface area contributed by atoms with E-state index in [-0.39, 0.29) is 0 Å². The molecule has 0 saturated carbocycles. The van der Waals surface area contributed by atoms with Crippen LogP contribution in [0.4, 0.5) is 11.6 Å². The van der Waals surface area contributed by atoms with Crippen LogP contribution in [0.3, 0.4) is 0 Å². The molecule has 1 aromatic rings. The summed E-state index contributed by atoms with van der Waals surface area (Å²) in [5.74, 6) is 1.41. The zero-order valence-corrected chi connectivity index (χ0v) is 8.70. The number of hydrogen-bond acceptors (Lipinski definition) is 4. The molecule has 0 atom stereocenters. The SMILES string of the molecule is CC1(C)CCN(c2cnc(N)cn2)C1. The van der Waals surface area contributed by atoms with Crippen LogP contribution in [0.1, 0.15) is 20.3 Å². The molecule has 0 radical (unpaired) electrons. The first-order chi connectivity index (χ1) is 6.57. The first-order valence-electron chi connectivity index (χ1n) is 4.89. The second kappa shape index (κ2) is 3.12. The Morgan fingerprint density at radius 1 is 1.36 bits per heavy atom.